The van der Waals surface area contributed by atoms with Crippen molar-refractivity contribution in [3.05, 3.63) is 40.6 Å². The van der Waals surface area contributed by atoms with E-state index in [0.29, 0.717) is 24.0 Å². The zero-order chi connectivity index (χ0) is 20.3. The fourth-order valence-corrected chi connectivity index (χ4v) is 8.71. The van der Waals surface area contributed by atoms with E-state index in [9.17, 15) is 13.2 Å². The van der Waals surface area contributed by atoms with Crippen LogP contribution in [0.1, 0.15) is 35.4 Å². The number of benzene rings is 1. The van der Waals surface area contributed by atoms with E-state index in [1.54, 1.807) is 17.1 Å². The van der Waals surface area contributed by atoms with Gasteiger partial charge in [-0.3, -0.25) is 4.79 Å². The quantitative estimate of drug-likeness (QED) is 0.661. The van der Waals surface area contributed by atoms with E-state index in [1.807, 2.05) is 36.0 Å². The number of nitrogens with one attached hydrogen (secondary N) is 1. The smallest absolute Gasteiger partial charge is 0.267 e. The summed E-state index contributed by atoms with van der Waals surface area (Å²) in [7, 11) is -3.64. The Balaban J connectivity index is 1.44. The fraction of sp³-hybridized carbons (Fsp3) is 0.450. The number of rotatable bonds is 6. The summed E-state index contributed by atoms with van der Waals surface area (Å²) < 4.78 is 27.4. The molecule has 0 atom stereocenters. The molecule has 1 amide bonds. The van der Waals surface area contributed by atoms with Crippen molar-refractivity contribution in [2.75, 3.05) is 29.9 Å². The Hall–Kier alpha value is -1.000. The Morgan fingerprint density at radius 3 is 2.45 bits per heavy atom. The zero-order valence-electron chi connectivity index (χ0n) is 16.0. The number of thiophene rings is 1. The number of thioether (sulfide) groups is 2. The van der Waals surface area contributed by atoms with Crippen LogP contribution in [0.4, 0.5) is 5.69 Å². The van der Waals surface area contributed by atoms with Gasteiger partial charge in [0.2, 0.25) is 10.0 Å². The molecule has 0 unspecified atom stereocenters. The molecule has 1 aliphatic heterocycles. The predicted octanol–water partition coefficient (Wildman–Crippen LogP) is 4.77. The molecule has 2 aliphatic rings. The third-order valence-corrected chi connectivity index (χ3v) is 10.4. The summed E-state index contributed by atoms with van der Waals surface area (Å²) in [4.78, 5) is 14.4. The molecule has 5 nitrogen and oxygen atoms in total. The predicted molar refractivity (Wildman–Crippen MR) is 123 cm³/mol. The maximum Gasteiger partial charge on any atom is 0.267 e. The maximum atomic E-state index is 13.0. The van der Waals surface area contributed by atoms with Crippen LogP contribution < -0.4 is 5.32 Å². The normalized spacial score (nSPS) is 18.8. The average Bonchev–Trinajstić information content (AvgIpc) is 3.42. The summed E-state index contributed by atoms with van der Waals surface area (Å²) >= 11 is 4.82. The van der Waals surface area contributed by atoms with E-state index in [-0.39, 0.29) is 15.7 Å². The molecule has 2 fully saturated rings. The third kappa shape index (κ3) is 5.02. The first-order valence-corrected chi connectivity index (χ1v) is 14.1. The molecule has 1 saturated carbocycles. The van der Waals surface area contributed by atoms with Crippen LogP contribution in [-0.4, -0.2) is 48.5 Å². The molecule has 1 aromatic heterocycles. The first-order chi connectivity index (χ1) is 14.0. The number of amides is 1. The van der Waals surface area contributed by atoms with Crippen LogP contribution in [0.3, 0.4) is 0 Å². The second-order valence-corrected chi connectivity index (χ2v) is 12.6. The van der Waals surface area contributed by atoms with Gasteiger partial charge in [-0.15, -0.1) is 23.1 Å². The Bertz CT molecular complexity index is 944. The minimum Gasteiger partial charge on any atom is -0.321 e. The highest BCUT2D eigenvalue weighted by atomic mass is 32.2. The van der Waals surface area contributed by atoms with Crippen molar-refractivity contribution in [1.29, 1.82) is 0 Å². The molecule has 1 N–H and O–H groups in total. The molecule has 4 rings (SSSR count). The lowest BCUT2D eigenvalue weighted by Crippen LogP contribution is -2.38. The summed E-state index contributed by atoms with van der Waals surface area (Å²) in [5.41, 5.74) is 0.678. The van der Waals surface area contributed by atoms with Crippen LogP contribution in [-0.2, 0) is 10.0 Å². The number of carbonyl (C=O) groups excluding carboxylic acids is 1. The number of sulfonamides is 1. The van der Waals surface area contributed by atoms with Crippen molar-refractivity contribution in [3.63, 3.8) is 0 Å². The van der Waals surface area contributed by atoms with E-state index in [0.717, 1.165) is 11.5 Å². The average molecular weight is 469 g/mol. The Labute approximate surface area is 184 Å². The van der Waals surface area contributed by atoms with Crippen LogP contribution in [0.15, 0.2) is 45.5 Å². The lowest BCUT2D eigenvalue weighted by molar-refractivity contribution is 0.102. The standard InChI is InChI=1S/C20H24N2O3S4/c23-20(21-15-5-7-17(8-6-15)28-16-3-1-2-4-16)19-18(9-12-27-19)29(24,25)22-10-13-26-14-11-22/h5-9,12,16H,1-4,10-11,13-14H2,(H,21,23). The molecule has 2 aromatic rings. The largest absolute Gasteiger partial charge is 0.321 e. The van der Waals surface area contributed by atoms with Crippen molar-refractivity contribution >= 4 is 56.5 Å². The summed E-state index contributed by atoms with van der Waals surface area (Å²) in [6.07, 6.45) is 5.17. The van der Waals surface area contributed by atoms with Crippen molar-refractivity contribution in [2.45, 2.75) is 40.7 Å². The van der Waals surface area contributed by atoms with Crippen molar-refractivity contribution in [3.8, 4) is 0 Å². The minimum atomic E-state index is -3.64. The van der Waals surface area contributed by atoms with Gasteiger partial charge in [0.1, 0.15) is 9.77 Å². The molecule has 0 radical (unpaired) electrons. The van der Waals surface area contributed by atoms with Gasteiger partial charge in [0.25, 0.3) is 5.91 Å². The number of anilines is 1. The van der Waals surface area contributed by atoms with Gasteiger partial charge < -0.3 is 5.32 Å². The molecular formula is C20H24N2O3S4. The third-order valence-electron chi connectivity index (χ3n) is 5.14. The van der Waals surface area contributed by atoms with Gasteiger partial charge in [0, 0.05) is 40.4 Å². The highest BCUT2D eigenvalue weighted by molar-refractivity contribution is 8.00. The van der Waals surface area contributed by atoms with Crippen molar-refractivity contribution < 1.29 is 13.2 Å². The second-order valence-electron chi connectivity index (χ2n) is 7.13. The molecule has 1 aliphatic carbocycles. The summed E-state index contributed by atoms with van der Waals surface area (Å²) in [5.74, 6) is 1.20. The first-order valence-electron chi connectivity index (χ1n) is 9.77. The summed E-state index contributed by atoms with van der Waals surface area (Å²) in [6.45, 7) is 0.980. The van der Waals surface area contributed by atoms with E-state index >= 15 is 0 Å². The Morgan fingerprint density at radius 2 is 1.76 bits per heavy atom. The number of hydrogen-bond donors (Lipinski definition) is 1. The van der Waals surface area contributed by atoms with E-state index < -0.39 is 10.0 Å². The first kappa shape index (κ1) is 21.2. The molecule has 0 spiro atoms. The van der Waals surface area contributed by atoms with Crippen LogP contribution in [0.5, 0.6) is 0 Å². The molecular weight excluding hydrogens is 444 g/mol. The monoisotopic (exact) mass is 468 g/mol. The minimum absolute atomic E-state index is 0.111. The van der Waals surface area contributed by atoms with Gasteiger partial charge >= 0.3 is 0 Å². The highest BCUT2D eigenvalue weighted by Crippen LogP contribution is 2.35. The molecule has 2 heterocycles. The molecule has 1 saturated heterocycles. The molecule has 9 heteroatoms. The van der Waals surface area contributed by atoms with Crippen LogP contribution >= 0.6 is 34.9 Å². The molecule has 29 heavy (non-hydrogen) atoms. The number of nitrogens with zero attached hydrogens (tertiary/aromatic N) is 1. The van der Waals surface area contributed by atoms with Crippen LogP contribution in [0.25, 0.3) is 0 Å². The topological polar surface area (TPSA) is 66.5 Å². The fourth-order valence-electron chi connectivity index (χ4n) is 3.60. The van der Waals surface area contributed by atoms with Gasteiger partial charge in [0.15, 0.2) is 0 Å². The number of hydrogen-bond acceptors (Lipinski definition) is 6. The highest BCUT2D eigenvalue weighted by Gasteiger charge is 2.31. The van der Waals surface area contributed by atoms with Crippen molar-refractivity contribution in [2.24, 2.45) is 0 Å². The van der Waals surface area contributed by atoms with E-state index in [2.05, 4.69) is 5.32 Å². The molecule has 156 valence electrons. The van der Waals surface area contributed by atoms with Gasteiger partial charge in [-0.1, -0.05) is 12.8 Å². The Kier molecular flexibility index (Phi) is 6.91. The van der Waals surface area contributed by atoms with Gasteiger partial charge in [-0.25, -0.2) is 8.42 Å². The van der Waals surface area contributed by atoms with Crippen LogP contribution in [0.2, 0.25) is 0 Å². The SMILES string of the molecule is O=C(Nc1ccc(SC2CCCC2)cc1)c1sccc1S(=O)(=O)N1CCSCC1. The molecule has 1 aromatic carbocycles. The van der Waals surface area contributed by atoms with Gasteiger partial charge in [-0.05, 0) is 48.6 Å². The van der Waals surface area contributed by atoms with Crippen LogP contribution in [0, 0.1) is 0 Å². The molecule has 0 bridgehead atoms. The van der Waals surface area contributed by atoms with Crippen molar-refractivity contribution in [1.82, 2.24) is 4.31 Å². The van der Waals surface area contributed by atoms with Gasteiger partial charge in [0.05, 0.1) is 0 Å². The van der Waals surface area contributed by atoms with Gasteiger partial charge in [-0.2, -0.15) is 16.1 Å². The second kappa shape index (κ2) is 9.43. The van der Waals surface area contributed by atoms with E-state index in [4.69, 9.17) is 0 Å². The summed E-state index contributed by atoms with van der Waals surface area (Å²) in [6, 6.07) is 9.36. The number of carbonyl (C=O) groups is 1. The Morgan fingerprint density at radius 1 is 1.07 bits per heavy atom. The lowest BCUT2D eigenvalue weighted by atomic mass is 10.3. The summed E-state index contributed by atoms with van der Waals surface area (Å²) in [5, 5.41) is 5.22. The maximum absolute atomic E-state index is 13.0. The van der Waals surface area contributed by atoms with E-state index in [1.165, 1.54) is 52.3 Å². The zero-order valence-corrected chi connectivity index (χ0v) is 19.3. The lowest BCUT2D eigenvalue weighted by Gasteiger charge is -2.25.